The molecular weight excluding hydrogens is 468 g/mol. The molecule has 0 aliphatic rings. The molecule has 3 aromatic carbocycles. The molecule has 0 bridgehead atoms. The first-order valence-electron chi connectivity index (χ1n) is 10.1. The molecule has 0 fully saturated rings. The van der Waals surface area contributed by atoms with Gasteiger partial charge in [-0.3, -0.25) is 4.79 Å². The van der Waals surface area contributed by atoms with Gasteiger partial charge < -0.3 is 14.8 Å². The molecule has 0 atom stereocenters. The minimum atomic E-state index is -0.418. The maximum atomic E-state index is 12.5. The molecule has 3 aromatic rings. The molecule has 32 heavy (non-hydrogen) atoms. The average molecular weight is 491 g/mol. The van der Waals surface area contributed by atoms with Gasteiger partial charge in [-0.05, 0) is 41.3 Å². The van der Waals surface area contributed by atoms with Gasteiger partial charge in [0.25, 0.3) is 5.91 Å². The number of ether oxygens (including phenoxy) is 2. The quantitative estimate of drug-likeness (QED) is 0.326. The minimum absolute atomic E-state index is 0.0127. The Bertz CT molecular complexity index is 1120. The Hall–Kier alpha value is -3.56. The Balaban J connectivity index is 1.70. The van der Waals surface area contributed by atoms with E-state index in [0.29, 0.717) is 41.1 Å². The van der Waals surface area contributed by atoms with E-state index >= 15 is 0 Å². The number of nitrogens with zero attached hydrogens (tertiary/aromatic N) is 1. The second kappa shape index (κ2) is 11.7. The van der Waals surface area contributed by atoms with Crippen LogP contribution in [0.5, 0.6) is 11.5 Å². The Morgan fingerprint density at radius 1 is 1.03 bits per heavy atom. The van der Waals surface area contributed by atoms with Crippen molar-refractivity contribution in [1.29, 1.82) is 5.26 Å². The number of halogens is 1. The number of benzene rings is 3. The van der Waals surface area contributed by atoms with Crippen LogP contribution in [-0.2, 0) is 17.8 Å². The van der Waals surface area contributed by atoms with Crippen molar-refractivity contribution in [2.24, 2.45) is 0 Å². The number of carbonyl (C=O) groups is 1. The molecule has 3 rings (SSSR count). The predicted octanol–water partition coefficient (Wildman–Crippen LogP) is 5.30. The normalized spacial score (nSPS) is 10.8. The summed E-state index contributed by atoms with van der Waals surface area (Å²) in [6.45, 7) is 0.838. The average Bonchev–Trinajstić information content (AvgIpc) is 2.83. The van der Waals surface area contributed by atoms with Crippen LogP contribution in [0.15, 0.2) is 82.8 Å². The molecule has 0 aliphatic carbocycles. The van der Waals surface area contributed by atoms with E-state index in [0.717, 1.165) is 11.1 Å². The lowest BCUT2D eigenvalue weighted by atomic mass is 10.1. The Morgan fingerprint density at radius 3 is 2.31 bits per heavy atom. The highest BCUT2D eigenvalue weighted by atomic mass is 79.9. The van der Waals surface area contributed by atoms with E-state index in [1.54, 1.807) is 19.2 Å². The van der Waals surface area contributed by atoms with Crippen LogP contribution in [0.1, 0.15) is 16.7 Å². The van der Waals surface area contributed by atoms with Crippen molar-refractivity contribution in [2.45, 2.75) is 13.0 Å². The van der Waals surface area contributed by atoms with Crippen LogP contribution in [0.4, 0.5) is 0 Å². The van der Waals surface area contributed by atoms with Crippen LogP contribution < -0.4 is 14.8 Å². The summed E-state index contributed by atoms with van der Waals surface area (Å²) in [4.78, 5) is 12.5. The Labute approximate surface area is 196 Å². The Morgan fingerprint density at radius 2 is 1.69 bits per heavy atom. The van der Waals surface area contributed by atoms with Crippen molar-refractivity contribution >= 4 is 27.9 Å². The fourth-order valence-corrected chi connectivity index (χ4v) is 3.47. The van der Waals surface area contributed by atoms with Gasteiger partial charge in [0.2, 0.25) is 0 Å². The molecule has 5 nitrogen and oxygen atoms in total. The second-order valence-corrected chi connectivity index (χ2v) is 7.81. The molecule has 0 unspecified atom stereocenters. The first kappa shape index (κ1) is 23.1. The molecule has 6 heteroatoms. The standard InChI is InChI=1S/C26H23BrN2O3/c1-31-24-15-21(23(27)16-25(24)32-18-20-10-6-3-7-11-20)14-22(17-28)26(30)29-13-12-19-8-4-2-5-9-19/h2-11,14-16H,12-13,18H2,1H3,(H,29,30)/b22-14+. The van der Waals surface area contributed by atoms with Gasteiger partial charge in [0.15, 0.2) is 11.5 Å². The summed E-state index contributed by atoms with van der Waals surface area (Å²) in [6, 6.07) is 25.2. The van der Waals surface area contributed by atoms with Crippen molar-refractivity contribution in [3.8, 4) is 17.6 Å². The summed E-state index contributed by atoms with van der Waals surface area (Å²) in [5.74, 6) is 0.655. The van der Waals surface area contributed by atoms with Crippen LogP contribution in [-0.4, -0.2) is 19.6 Å². The van der Waals surface area contributed by atoms with E-state index in [1.807, 2.05) is 66.7 Å². The maximum Gasteiger partial charge on any atom is 0.261 e. The molecule has 0 saturated heterocycles. The fraction of sp³-hybridized carbons (Fsp3) is 0.154. The highest BCUT2D eigenvalue weighted by Gasteiger charge is 2.13. The van der Waals surface area contributed by atoms with E-state index in [1.165, 1.54) is 6.08 Å². The second-order valence-electron chi connectivity index (χ2n) is 6.96. The molecule has 1 N–H and O–H groups in total. The molecule has 0 aromatic heterocycles. The third kappa shape index (κ3) is 6.47. The molecule has 0 spiro atoms. The van der Waals surface area contributed by atoms with Crippen LogP contribution in [0.2, 0.25) is 0 Å². The zero-order valence-corrected chi connectivity index (χ0v) is 19.3. The van der Waals surface area contributed by atoms with Gasteiger partial charge in [-0.1, -0.05) is 76.6 Å². The minimum Gasteiger partial charge on any atom is -0.493 e. The van der Waals surface area contributed by atoms with Crippen molar-refractivity contribution in [2.75, 3.05) is 13.7 Å². The topological polar surface area (TPSA) is 71.3 Å². The Kier molecular flexibility index (Phi) is 8.47. The summed E-state index contributed by atoms with van der Waals surface area (Å²) in [7, 11) is 1.55. The first-order valence-corrected chi connectivity index (χ1v) is 10.9. The number of carbonyl (C=O) groups excluding carboxylic acids is 1. The van der Waals surface area contributed by atoms with Crippen LogP contribution in [0, 0.1) is 11.3 Å². The summed E-state index contributed by atoms with van der Waals surface area (Å²) < 4.78 is 12.1. The van der Waals surface area contributed by atoms with Crippen molar-refractivity contribution in [1.82, 2.24) is 5.32 Å². The molecule has 0 radical (unpaired) electrons. The SMILES string of the molecule is COc1cc(/C=C(\C#N)C(=O)NCCc2ccccc2)c(Br)cc1OCc1ccccc1. The van der Waals surface area contributed by atoms with Gasteiger partial charge in [-0.2, -0.15) is 5.26 Å². The van der Waals surface area contributed by atoms with E-state index in [2.05, 4.69) is 21.2 Å². The highest BCUT2D eigenvalue weighted by Crippen LogP contribution is 2.35. The molecule has 0 heterocycles. The third-order valence-corrected chi connectivity index (χ3v) is 5.41. The maximum absolute atomic E-state index is 12.5. The van der Waals surface area contributed by atoms with Crippen molar-refractivity contribution < 1.29 is 14.3 Å². The number of hydrogen-bond acceptors (Lipinski definition) is 4. The van der Waals surface area contributed by atoms with Crippen LogP contribution in [0.25, 0.3) is 6.08 Å². The monoisotopic (exact) mass is 490 g/mol. The molecule has 1 amide bonds. The lowest BCUT2D eigenvalue weighted by molar-refractivity contribution is -0.117. The number of nitriles is 1. The van der Waals surface area contributed by atoms with Crippen molar-refractivity contribution in [3.05, 3.63) is 99.5 Å². The first-order chi connectivity index (χ1) is 15.6. The van der Waals surface area contributed by atoms with Gasteiger partial charge in [-0.25, -0.2) is 0 Å². The fourth-order valence-electron chi connectivity index (χ4n) is 3.03. The molecule has 0 aliphatic heterocycles. The molecular formula is C26H23BrN2O3. The number of rotatable bonds is 9. The van der Waals surface area contributed by atoms with E-state index in [9.17, 15) is 10.1 Å². The van der Waals surface area contributed by atoms with E-state index < -0.39 is 5.91 Å². The third-order valence-electron chi connectivity index (χ3n) is 4.73. The number of methoxy groups -OCH3 is 1. The lowest BCUT2D eigenvalue weighted by Crippen LogP contribution is -2.26. The number of hydrogen-bond donors (Lipinski definition) is 1. The van der Waals surface area contributed by atoms with Gasteiger partial charge in [-0.15, -0.1) is 0 Å². The highest BCUT2D eigenvalue weighted by molar-refractivity contribution is 9.10. The summed E-state index contributed by atoms with van der Waals surface area (Å²) in [5, 5.41) is 12.3. The van der Waals surface area contributed by atoms with Gasteiger partial charge in [0.05, 0.1) is 7.11 Å². The number of amides is 1. The van der Waals surface area contributed by atoms with Crippen molar-refractivity contribution in [3.63, 3.8) is 0 Å². The zero-order chi connectivity index (χ0) is 22.8. The summed E-state index contributed by atoms with van der Waals surface area (Å²) >= 11 is 3.51. The van der Waals surface area contributed by atoms with Gasteiger partial charge in [0.1, 0.15) is 18.2 Å². The zero-order valence-electron chi connectivity index (χ0n) is 17.7. The number of nitrogens with one attached hydrogen (secondary N) is 1. The summed E-state index contributed by atoms with van der Waals surface area (Å²) in [6.07, 6.45) is 2.22. The largest absolute Gasteiger partial charge is 0.493 e. The van der Waals surface area contributed by atoms with Crippen LogP contribution in [0.3, 0.4) is 0 Å². The van der Waals surface area contributed by atoms with E-state index in [-0.39, 0.29) is 5.57 Å². The van der Waals surface area contributed by atoms with E-state index in [4.69, 9.17) is 9.47 Å². The molecule has 0 saturated carbocycles. The summed E-state index contributed by atoms with van der Waals surface area (Å²) in [5.41, 5.74) is 2.81. The lowest BCUT2D eigenvalue weighted by Gasteiger charge is -2.13. The van der Waals surface area contributed by atoms with Gasteiger partial charge in [0, 0.05) is 11.0 Å². The van der Waals surface area contributed by atoms with Crippen LogP contribution >= 0.6 is 15.9 Å². The smallest absolute Gasteiger partial charge is 0.261 e. The predicted molar refractivity (Wildman–Crippen MR) is 128 cm³/mol. The molecule has 162 valence electrons. The van der Waals surface area contributed by atoms with Gasteiger partial charge >= 0.3 is 0 Å².